The zero-order valence-electron chi connectivity index (χ0n) is 15.2. The highest BCUT2D eigenvalue weighted by Crippen LogP contribution is 2.46. The SMILES string of the molecule is Cc1ccc(CN2CCN(C3c4ccccc4-c4ccccc43)CC2)o1. The van der Waals surface area contributed by atoms with Crippen molar-refractivity contribution in [3.8, 4) is 11.1 Å². The molecule has 0 amide bonds. The smallest absolute Gasteiger partial charge is 0.118 e. The Morgan fingerprint density at radius 2 is 1.42 bits per heavy atom. The van der Waals surface area contributed by atoms with E-state index >= 15 is 0 Å². The van der Waals surface area contributed by atoms with E-state index in [0.29, 0.717) is 6.04 Å². The zero-order chi connectivity index (χ0) is 17.5. The number of hydrogen-bond acceptors (Lipinski definition) is 3. The van der Waals surface area contributed by atoms with Gasteiger partial charge in [-0.05, 0) is 41.3 Å². The van der Waals surface area contributed by atoms with Crippen molar-refractivity contribution >= 4 is 0 Å². The summed E-state index contributed by atoms with van der Waals surface area (Å²) in [6.45, 7) is 7.27. The number of aryl methyl sites for hydroxylation is 1. The maximum Gasteiger partial charge on any atom is 0.118 e. The Balaban J connectivity index is 1.35. The Bertz CT molecular complexity index is 876. The summed E-state index contributed by atoms with van der Waals surface area (Å²) >= 11 is 0. The first-order chi connectivity index (χ1) is 12.8. The Labute approximate surface area is 154 Å². The van der Waals surface area contributed by atoms with Crippen molar-refractivity contribution in [2.24, 2.45) is 0 Å². The molecule has 2 aliphatic rings. The maximum absolute atomic E-state index is 5.75. The lowest BCUT2D eigenvalue weighted by Crippen LogP contribution is -2.47. The van der Waals surface area contributed by atoms with Crippen molar-refractivity contribution in [1.29, 1.82) is 0 Å². The fourth-order valence-electron chi connectivity index (χ4n) is 4.49. The van der Waals surface area contributed by atoms with Gasteiger partial charge in [-0.1, -0.05) is 48.5 Å². The van der Waals surface area contributed by atoms with Gasteiger partial charge in [-0.2, -0.15) is 0 Å². The van der Waals surface area contributed by atoms with Crippen molar-refractivity contribution in [2.75, 3.05) is 26.2 Å². The first-order valence-electron chi connectivity index (χ1n) is 9.49. The molecule has 0 saturated carbocycles. The highest BCUT2D eigenvalue weighted by Gasteiger charge is 2.34. The molecule has 0 atom stereocenters. The van der Waals surface area contributed by atoms with Gasteiger partial charge < -0.3 is 4.42 Å². The largest absolute Gasteiger partial charge is 0.465 e. The Hall–Kier alpha value is -2.36. The van der Waals surface area contributed by atoms with Crippen LogP contribution in [0.25, 0.3) is 11.1 Å². The molecule has 0 spiro atoms. The minimum atomic E-state index is 0.399. The van der Waals surface area contributed by atoms with Crippen LogP contribution in [0.2, 0.25) is 0 Å². The fourth-order valence-corrected chi connectivity index (χ4v) is 4.49. The van der Waals surface area contributed by atoms with Crippen LogP contribution in [-0.2, 0) is 6.54 Å². The fraction of sp³-hybridized carbons (Fsp3) is 0.304. The van der Waals surface area contributed by atoms with Crippen LogP contribution in [0.1, 0.15) is 28.7 Å². The van der Waals surface area contributed by atoms with Gasteiger partial charge in [0.2, 0.25) is 0 Å². The third-order valence-electron chi connectivity index (χ3n) is 5.75. The highest BCUT2D eigenvalue weighted by atomic mass is 16.3. The molecule has 1 aliphatic heterocycles. The van der Waals surface area contributed by atoms with Gasteiger partial charge in [0.25, 0.3) is 0 Å². The average molecular weight is 344 g/mol. The van der Waals surface area contributed by atoms with Crippen molar-refractivity contribution in [3.63, 3.8) is 0 Å². The van der Waals surface area contributed by atoms with Crippen LogP contribution < -0.4 is 0 Å². The molecule has 5 rings (SSSR count). The van der Waals surface area contributed by atoms with Crippen LogP contribution in [0.5, 0.6) is 0 Å². The van der Waals surface area contributed by atoms with E-state index in [1.165, 1.54) is 22.3 Å². The standard InChI is InChI=1S/C23H24N2O/c1-17-10-11-18(26-17)16-24-12-14-25(15-13-24)23-21-8-4-2-6-19(21)20-7-3-5-9-22(20)23/h2-11,23H,12-16H2,1H3. The maximum atomic E-state index is 5.75. The van der Waals surface area contributed by atoms with Gasteiger partial charge in [0.05, 0.1) is 12.6 Å². The number of nitrogens with zero attached hydrogens (tertiary/aromatic N) is 2. The molecule has 132 valence electrons. The highest BCUT2D eigenvalue weighted by molar-refractivity contribution is 5.78. The molecule has 0 unspecified atom stereocenters. The molecular weight excluding hydrogens is 320 g/mol. The second-order valence-corrected chi connectivity index (χ2v) is 7.40. The van der Waals surface area contributed by atoms with E-state index in [9.17, 15) is 0 Å². The Morgan fingerprint density at radius 1 is 0.808 bits per heavy atom. The van der Waals surface area contributed by atoms with Crippen LogP contribution in [-0.4, -0.2) is 36.0 Å². The van der Waals surface area contributed by atoms with Crippen LogP contribution in [0.15, 0.2) is 65.1 Å². The van der Waals surface area contributed by atoms with E-state index in [1.54, 1.807) is 0 Å². The van der Waals surface area contributed by atoms with E-state index in [2.05, 4.69) is 70.5 Å². The molecule has 0 radical (unpaired) electrons. The number of rotatable bonds is 3. The van der Waals surface area contributed by atoms with Crippen LogP contribution in [0.4, 0.5) is 0 Å². The van der Waals surface area contributed by atoms with E-state index in [-0.39, 0.29) is 0 Å². The third-order valence-corrected chi connectivity index (χ3v) is 5.75. The average Bonchev–Trinajstić information content (AvgIpc) is 3.23. The summed E-state index contributed by atoms with van der Waals surface area (Å²) in [6.07, 6.45) is 0. The summed E-state index contributed by atoms with van der Waals surface area (Å²) in [5.74, 6) is 2.07. The molecule has 1 aliphatic carbocycles. The van der Waals surface area contributed by atoms with Crippen molar-refractivity contribution < 1.29 is 4.42 Å². The minimum absolute atomic E-state index is 0.399. The van der Waals surface area contributed by atoms with E-state index in [1.807, 2.05) is 6.92 Å². The van der Waals surface area contributed by atoms with Gasteiger partial charge in [-0.25, -0.2) is 0 Å². The van der Waals surface area contributed by atoms with E-state index in [0.717, 1.165) is 44.2 Å². The van der Waals surface area contributed by atoms with Crippen molar-refractivity contribution in [3.05, 3.63) is 83.3 Å². The first-order valence-corrected chi connectivity index (χ1v) is 9.49. The molecule has 3 aromatic rings. The third kappa shape index (κ3) is 2.68. The van der Waals surface area contributed by atoms with Crippen LogP contribution >= 0.6 is 0 Å². The summed E-state index contributed by atoms with van der Waals surface area (Å²) in [5.41, 5.74) is 5.73. The molecule has 3 nitrogen and oxygen atoms in total. The molecule has 2 heterocycles. The molecule has 2 aromatic carbocycles. The summed E-state index contributed by atoms with van der Waals surface area (Å²) < 4.78 is 5.75. The second kappa shape index (κ2) is 6.42. The Morgan fingerprint density at radius 3 is 2.00 bits per heavy atom. The second-order valence-electron chi connectivity index (χ2n) is 7.40. The summed E-state index contributed by atoms with van der Waals surface area (Å²) in [7, 11) is 0. The van der Waals surface area contributed by atoms with Gasteiger partial charge in [0, 0.05) is 26.2 Å². The van der Waals surface area contributed by atoms with Gasteiger partial charge >= 0.3 is 0 Å². The molecule has 0 bridgehead atoms. The van der Waals surface area contributed by atoms with Crippen LogP contribution in [0, 0.1) is 6.92 Å². The molecule has 0 N–H and O–H groups in total. The number of fused-ring (bicyclic) bond motifs is 3. The number of furan rings is 1. The molecule has 26 heavy (non-hydrogen) atoms. The quantitative estimate of drug-likeness (QED) is 0.699. The van der Waals surface area contributed by atoms with E-state index in [4.69, 9.17) is 4.42 Å². The normalized spacial score (nSPS) is 18.0. The minimum Gasteiger partial charge on any atom is -0.465 e. The lowest BCUT2D eigenvalue weighted by Gasteiger charge is -2.38. The molecule has 1 saturated heterocycles. The number of hydrogen-bond donors (Lipinski definition) is 0. The molecule has 3 heteroatoms. The summed E-state index contributed by atoms with van der Waals surface area (Å²) in [4.78, 5) is 5.15. The van der Waals surface area contributed by atoms with Gasteiger partial charge in [-0.15, -0.1) is 0 Å². The van der Waals surface area contributed by atoms with Crippen LogP contribution in [0.3, 0.4) is 0 Å². The van der Waals surface area contributed by atoms with E-state index < -0.39 is 0 Å². The van der Waals surface area contributed by atoms with Gasteiger partial charge in [0.15, 0.2) is 0 Å². The summed E-state index contributed by atoms with van der Waals surface area (Å²) in [5, 5.41) is 0. The number of piperazine rings is 1. The Kier molecular flexibility index (Phi) is 3.92. The lowest BCUT2D eigenvalue weighted by atomic mass is 10.0. The predicted molar refractivity (Wildman–Crippen MR) is 104 cm³/mol. The van der Waals surface area contributed by atoms with Gasteiger partial charge in [0.1, 0.15) is 11.5 Å². The zero-order valence-corrected chi connectivity index (χ0v) is 15.2. The van der Waals surface area contributed by atoms with Crippen molar-refractivity contribution in [2.45, 2.75) is 19.5 Å². The lowest BCUT2D eigenvalue weighted by molar-refractivity contribution is 0.101. The monoisotopic (exact) mass is 344 g/mol. The topological polar surface area (TPSA) is 19.6 Å². The summed E-state index contributed by atoms with van der Waals surface area (Å²) in [6, 6.07) is 22.4. The number of benzene rings is 2. The molecular formula is C23H24N2O. The first kappa shape index (κ1) is 15.9. The van der Waals surface area contributed by atoms with Gasteiger partial charge in [-0.3, -0.25) is 9.80 Å². The molecule has 1 aromatic heterocycles. The van der Waals surface area contributed by atoms with Crippen molar-refractivity contribution in [1.82, 2.24) is 9.80 Å². The molecule has 1 fully saturated rings. The predicted octanol–water partition coefficient (Wildman–Crippen LogP) is 4.48.